The van der Waals surface area contributed by atoms with E-state index in [4.69, 9.17) is 4.74 Å². The van der Waals surface area contributed by atoms with E-state index >= 15 is 0 Å². The van der Waals surface area contributed by atoms with E-state index < -0.39 is 17.6 Å². The smallest absolute Gasteiger partial charge is 0.416 e. The number of hydrogen-bond acceptors (Lipinski definition) is 4. The van der Waals surface area contributed by atoms with Crippen molar-refractivity contribution in [2.45, 2.75) is 6.18 Å². The van der Waals surface area contributed by atoms with E-state index in [1.54, 1.807) is 36.7 Å². The van der Waals surface area contributed by atoms with Crippen LogP contribution in [0.4, 0.5) is 13.2 Å². The Labute approximate surface area is 152 Å². The summed E-state index contributed by atoms with van der Waals surface area (Å²) in [5, 5.41) is 2.30. The highest BCUT2D eigenvalue weighted by Crippen LogP contribution is 2.36. The molecule has 1 N–H and O–H groups in total. The van der Waals surface area contributed by atoms with Gasteiger partial charge in [-0.05, 0) is 48.0 Å². The molecule has 0 saturated carbocycles. The molecule has 2 heterocycles. The maximum absolute atomic E-state index is 13.2. The monoisotopic (exact) mass is 373 g/mol. The Bertz CT molecular complexity index is 960. The first kappa shape index (κ1) is 18.4. The van der Waals surface area contributed by atoms with Gasteiger partial charge in [0.2, 0.25) is 5.88 Å². The first-order chi connectivity index (χ1) is 12.9. The van der Waals surface area contributed by atoms with Crippen LogP contribution >= 0.6 is 0 Å². The van der Waals surface area contributed by atoms with Gasteiger partial charge in [0, 0.05) is 36.8 Å². The zero-order chi connectivity index (χ0) is 19.4. The Morgan fingerprint density at radius 3 is 2.48 bits per heavy atom. The van der Waals surface area contributed by atoms with Gasteiger partial charge in [-0.3, -0.25) is 9.78 Å². The van der Waals surface area contributed by atoms with Gasteiger partial charge in [0.25, 0.3) is 5.91 Å². The lowest BCUT2D eigenvalue weighted by Crippen LogP contribution is -2.19. The lowest BCUT2D eigenvalue weighted by atomic mass is 10.1. The highest BCUT2D eigenvalue weighted by atomic mass is 19.4. The van der Waals surface area contributed by atoms with E-state index in [-0.39, 0.29) is 17.2 Å². The summed E-state index contributed by atoms with van der Waals surface area (Å²) in [4.78, 5) is 19.9. The van der Waals surface area contributed by atoms with Crippen molar-refractivity contribution in [3.8, 4) is 22.8 Å². The number of benzene rings is 1. The lowest BCUT2D eigenvalue weighted by Gasteiger charge is -2.14. The molecule has 0 saturated heterocycles. The zero-order valence-corrected chi connectivity index (χ0v) is 14.1. The summed E-state index contributed by atoms with van der Waals surface area (Å²) < 4.78 is 45.2. The Balaban J connectivity index is 2.05. The molecule has 1 amide bonds. The number of rotatable bonds is 4. The highest BCUT2D eigenvalue weighted by molar-refractivity contribution is 5.94. The molecule has 0 aliphatic heterocycles. The van der Waals surface area contributed by atoms with Crippen LogP contribution in [0.2, 0.25) is 0 Å². The predicted molar refractivity (Wildman–Crippen MR) is 92.4 cm³/mol. The fourth-order valence-electron chi connectivity index (χ4n) is 2.43. The average molecular weight is 373 g/mol. The van der Waals surface area contributed by atoms with Crippen molar-refractivity contribution >= 4 is 5.91 Å². The minimum atomic E-state index is -4.62. The Morgan fingerprint density at radius 1 is 1.07 bits per heavy atom. The predicted octanol–water partition coefficient (Wildman–Crippen LogP) is 4.31. The molecule has 0 aliphatic rings. The fourth-order valence-corrected chi connectivity index (χ4v) is 2.43. The van der Waals surface area contributed by atoms with Crippen molar-refractivity contribution < 1.29 is 22.7 Å². The molecule has 27 heavy (non-hydrogen) atoms. The number of carbonyl (C=O) groups excluding carboxylic acids is 1. The number of ether oxygens (including phenoxy) is 1. The summed E-state index contributed by atoms with van der Waals surface area (Å²) in [6.45, 7) is 0. The number of carbonyl (C=O) groups is 1. The Kier molecular flexibility index (Phi) is 5.07. The number of pyridine rings is 2. The molecular formula is C19H14F3N3O2. The van der Waals surface area contributed by atoms with E-state index in [0.717, 1.165) is 17.7 Å². The number of nitrogens with zero attached hydrogens (tertiary/aromatic N) is 2. The van der Waals surface area contributed by atoms with E-state index in [1.165, 1.54) is 19.3 Å². The molecule has 0 fully saturated rings. The van der Waals surface area contributed by atoms with Crippen molar-refractivity contribution in [3.05, 3.63) is 72.2 Å². The summed E-state index contributed by atoms with van der Waals surface area (Å²) in [7, 11) is 1.34. The van der Waals surface area contributed by atoms with Crippen LogP contribution in [0.3, 0.4) is 0 Å². The summed E-state index contributed by atoms with van der Waals surface area (Å²) in [5.41, 5.74) is 0.175. The molecule has 3 aromatic rings. The van der Waals surface area contributed by atoms with Gasteiger partial charge >= 0.3 is 6.18 Å². The maximum Gasteiger partial charge on any atom is 0.416 e. The molecule has 8 heteroatoms. The van der Waals surface area contributed by atoms with E-state index in [2.05, 4.69) is 15.3 Å². The molecular weight excluding hydrogens is 359 g/mol. The van der Waals surface area contributed by atoms with Crippen LogP contribution in [-0.4, -0.2) is 22.9 Å². The SMILES string of the molecule is CNC(=O)c1cc(Oc2ncccc2-c2ccncc2)cc(C(F)(F)F)c1. The molecule has 2 aromatic heterocycles. The van der Waals surface area contributed by atoms with Gasteiger partial charge in [0.05, 0.1) is 5.56 Å². The van der Waals surface area contributed by atoms with Crippen LogP contribution in [0.25, 0.3) is 11.1 Å². The number of nitrogens with one attached hydrogen (secondary N) is 1. The number of halogens is 3. The molecule has 0 bridgehead atoms. The quantitative estimate of drug-likeness (QED) is 0.740. The average Bonchev–Trinajstić information content (AvgIpc) is 2.67. The van der Waals surface area contributed by atoms with Crippen LogP contribution in [-0.2, 0) is 6.18 Å². The van der Waals surface area contributed by atoms with E-state index in [0.29, 0.717) is 5.56 Å². The second kappa shape index (κ2) is 7.45. The number of hydrogen-bond donors (Lipinski definition) is 1. The van der Waals surface area contributed by atoms with Gasteiger partial charge in [0.1, 0.15) is 5.75 Å². The van der Waals surface area contributed by atoms with E-state index in [9.17, 15) is 18.0 Å². The van der Waals surface area contributed by atoms with Gasteiger partial charge in [-0.15, -0.1) is 0 Å². The van der Waals surface area contributed by atoms with Crippen molar-refractivity contribution in [2.75, 3.05) is 7.05 Å². The van der Waals surface area contributed by atoms with Crippen molar-refractivity contribution in [1.82, 2.24) is 15.3 Å². The topological polar surface area (TPSA) is 64.1 Å². The third-order valence-corrected chi connectivity index (χ3v) is 3.70. The maximum atomic E-state index is 13.2. The Morgan fingerprint density at radius 2 is 1.81 bits per heavy atom. The molecule has 138 valence electrons. The molecule has 0 atom stereocenters. The molecule has 0 unspecified atom stereocenters. The lowest BCUT2D eigenvalue weighted by molar-refractivity contribution is -0.137. The van der Waals surface area contributed by atoms with Crippen LogP contribution < -0.4 is 10.1 Å². The van der Waals surface area contributed by atoms with Crippen molar-refractivity contribution in [3.63, 3.8) is 0 Å². The van der Waals surface area contributed by atoms with Crippen LogP contribution in [0.5, 0.6) is 11.6 Å². The standard InChI is InChI=1S/C19H14F3N3O2/c1-23-17(26)13-9-14(19(20,21)22)11-15(10-13)27-18-16(3-2-6-25-18)12-4-7-24-8-5-12/h2-11H,1H3,(H,23,26). The summed E-state index contributed by atoms with van der Waals surface area (Å²) in [6, 6.07) is 9.71. The van der Waals surface area contributed by atoms with Crippen LogP contribution in [0.15, 0.2) is 61.1 Å². The third-order valence-electron chi connectivity index (χ3n) is 3.70. The van der Waals surface area contributed by atoms with Gasteiger partial charge in [0.15, 0.2) is 0 Å². The first-order valence-corrected chi connectivity index (χ1v) is 7.86. The fraction of sp³-hybridized carbons (Fsp3) is 0.105. The second-order valence-electron chi connectivity index (χ2n) is 5.52. The van der Waals surface area contributed by atoms with Gasteiger partial charge in [-0.1, -0.05) is 0 Å². The van der Waals surface area contributed by atoms with Crippen molar-refractivity contribution in [2.24, 2.45) is 0 Å². The molecule has 1 aromatic carbocycles. The molecule has 0 radical (unpaired) electrons. The second-order valence-corrected chi connectivity index (χ2v) is 5.52. The van der Waals surface area contributed by atoms with Crippen molar-refractivity contribution in [1.29, 1.82) is 0 Å². The molecule has 5 nitrogen and oxygen atoms in total. The minimum absolute atomic E-state index is 0.117. The summed E-state index contributed by atoms with van der Waals surface area (Å²) in [5.74, 6) is -0.676. The largest absolute Gasteiger partial charge is 0.438 e. The number of aromatic nitrogens is 2. The van der Waals surface area contributed by atoms with Crippen LogP contribution in [0, 0.1) is 0 Å². The highest BCUT2D eigenvalue weighted by Gasteiger charge is 2.32. The van der Waals surface area contributed by atoms with E-state index in [1.807, 2.05) is 0 Å². The number of alkyl halides is 3. The van der Waals surface area contributed by atoms with Gasteiger partial charge in [-0.2, -0.15) is 13.2 Å². The third kappa shape index (κ3) is 4.22. The van der Waals surface area contributed by atoms with Gasteiger partial charge in [-0.25, -0.2) is 4.98 Å². The normalized spacial score (nSPS) is 11.1. The zero-order valence-electron chi connectivity index (χ0n) is 14.1. The first-order valence-electron chi connectivity index (χ1n) is 7.86. The molecule has 0 aliphatic carbocycles. The van der Waals surface area contributed by atoms with Gasteiger partial charge < -0.3 is 10.1 Å². The summed E-state index contributed by atoms with van der Waals surface area (Å²) in [6.07, 6.45) is 0.00758. The summed E-state index contributed by atoms with van der Waals surface area (Å²) >= 11 is 0. The molecule has 0 spiro atoms. The minimum Gasteiger partial charge on any atom is -0.438 e. The van der Waals surface area contributed by atoms with Crippen LogP contribution in [0.1, 0.15) is 15.9 Å². The Hall–Kier alpha value is -3.42. The molecule has 3 rings (SSSR count). The number of amides is 1.